The summed E-state index contributed by atoms with van der Waals surface area (Å²) in [7, 11) is 0. The van der Waals surface area contributed by atoms with Crippen molar-refractivity contribution in [3.63, 3.8) is 0 Å². The fourth-order valence-electron chi connectivity index (χ4n) is 3.20. The van der Waals surface area contributed by atoms with Gasteiger partial charge in [-0.1, -0.05) is 11.6 Å². The third-order valence-electron chi connectivity index (χ3n) is 4.41. The summed E-state index contributed by atoms with van der Waals surface area (Å²) < 4.78 is 0. The predicted octanol–water partition coefficient (Wildman–Crippen LogP) is 4.47. The van der Waals surface area contributed by atoms with Gasteiger partial charge in [-0.3, -0.25) is 4.79 Å². The molecule has 5 heteroatoms. The number of halogens is 1. The lowest BCUT2D eigenvalue weighted by molar-refractivity contribution is 0.0919. The van der Waals surface area contributed by atoms with E-state index >= 15 is 0 Å². The summed E-state index contributed by atoms with van der Waals surface area (Å²) in [6.07, 6.45) is 6.77. The Balaban J connectivity index is 1.61. The van der Waals surface area contributed by atoms with E-state index in [1.165, 1.54) is 18.6 Å². The molecule has 1 saturated carbocycles. The van der Waals surface area contributed by atoms with Gasteiger partial charge in [0.25, 0.3) is 5.91 Å². The van der Waals surface area contributed by atoms with Crippen LogP contribution in [-0.2, 0) is 0 Å². The molecule has 1 aliphatic carbocycles. The molecule has 0 radical (unpaired) electrons. The monoisotopic (exact) mass is 336 g/mol. The van der Waals surface area contributed by atoms with Crippen LogP contribution in [0.3, 0.4) is 0 Å². The third kappa shape index (κ3) is 3.61. The molecule has 1 aromatic heterocycles. The quantitative estimate of drug-likeness (QED) is 0.865. The topological polar surface area (TPSA) is 44.9 Å². The van der Waals surface area contributed by atoms with Crippen LogP contribution in [0.1, 0.15) is 36.2 Å². The highest BCUT2D eigenvalue weighted by Crippen LogP contribution is 2.27. The van der Waals surface area contributed by atoms with Crippen LogP contribution >= 0.6 is 23.4 Å². The number of aromatic nitrogens is 1. The van der Waals surface area contributed by atoms with Gasteiger partial charge in [0.1, 0.15) is 5.69 Å². The number of amides is 1. The summed E-state index contributed by atoms with van der Waals surface area (Å²) in [5.74, 6) is 2.04. The van der Waals surface area contributed by atoms with Crippen LogP contribution in [0, 0.1) is 5.92 Å². The normalized spacial score (nSPS) is 21.9. The third-order valence-corrected chi connectivity index (χ3v) is 5.45. The van der Waals surface area contributed by atoms with E-state index in [9.17, 15) is 4.79 Å². The minimum absolute atomic E-state index is 0.0133. The summed E-state index contributed by atoms with van der Waals surface area (Å²) in [5, 5.41) is 4.82. The Morgan fingerprint density at radius 1 is 1.32 bits per heavy atom. The van der Waals surface area contributed by atoms with Crippen LogP contribution in [-0.4, -0.2) is 28.9 Å². The van der Waals surface area contributed by atoms with Crippen LogP contribution in [0.25, 0.3) is 10.9 Å². The Labute approximate surface area is 140 Å². The molecule has 2 N–H and O–H groups in total. The summed E-state index contributed by atoms with van der Waals surface area (Å²) in [6.45, 7) is 0. The fourth-order valence-corrected chi connectivity index (χ4v) is 4.18. The second-order valence-corrected chi connectivity index (χ2v) is 7.41. The number of carbonyl (C=O) groups is 1. The van der Waals surface area contributed by atoms with Crippen molar-refractivity contribution in [2.24, 2.45) is 5.92 Å². The average Bonchev–Trinajstić information content (AvgIpc) is 2.92. The highest BCUT2D eigenvalue weighted by atomic mass is 35.5. The van der Waals surface area contributed by atoms with Gasteiger partial charge in [-0.05, 0) is 67.9 Å². The SMILES string of the molecule is CSCC1CCC(NC(=O)c2cc3cc(Cl)ccc3[nH]2)CC1. The molecule has 118 valence electrons. The Morgan fingerprint density at radius 2 is 2.09 bits per heavy atom. The van der Waals surface area contributed by atoms with Crippen LogP contribution in [0.5, 0.6) is 0 Å². The number of aromatic amines is 1. The van der Waals surface area contributed by atoms with Crippen LogP contribution in [0.15, 0.2) is 24.3 Å². The molecule has 0 spiro atoms. The van der Waals surface area contributed by atoms with Crippen molar-refractivity contribution in [2.45, 2.75) is 31.7 Å². The van der Waals surface area contributed by atoms with Gasteiger partial charge in [0.05, 0.1) is 0 Å². The second kappa shape index (κ2) is 6.97. The van der Waals surface area contributed by atoms with Gasteiger partial charge in [0.2, 0.25) is 0 Å². The van der Waals surface area contributed by atoms with Gasteiger partial charge >= 0.3 is 0 Å². The van der Waals surface area contributed by atoms with Gasteiger partial charge in [-0.25, -0.2) is 0 Å². The van der Waals surface area contributed by atoms with Crippen molar-refractivity contribution in [2.75, 3.05) is 12.0 Å². The molecule has 0 bridgehead atoms. The molecule has 0 aliphatic heterocycles. The molecule has 1 fully saturated rings. The van der Waals surface area contributed by atoms with Crippen molar-refractivity contribution in [3.05, 3.63) is 35.0 Å². The van der Waals surface area contributed by atoms with Crippen molar-refractivity contribution >= 4 is 40.2 Å². The molecule has 1 heterocycles. The van der Waals surface area contributed by atoms with E-state index in [0.29, 0.717) is 16.8 Å². The molecule has 0 saturated heterocycles. The minimum Gasteiger partial charge on any atom is -0.351 e. The molecule has 1 aliphatic rings. The summed E-state index contributed by atoms with van der Waals surface area (Å²) in [4.78, 5) is 15.6. The van der Waals surface area contributed by atoms with Crippen LogP contribution < -0.4 is 5.32 Å². The predicted molar refractivity (Wildman–Crippen MR) is 94.9 cm³/mol. The number of thioether (sulfide) groups is 1. The van der Waals surface area contributed by atoms with Crippen molar-refractivity contribution in [1.82, 2.24) is 10.3 Å². The minimum atomic E-state index is -0.0133. The molecule has 1 amide bonds. The first-order chi connectivity index (χ1) is 10.7. The Kier molecular flexibility index (Phi) is 4.99. The van der Waals surface area contributed by atoms with Gasteiger partial charge in [-0.15, -0.1) is 0 Å². The average molecular weight is 337 g/mol. The van der Waals surface area contributed by atoms with Gasteiger partial charge in [0, 0.05) is 22.0 Å². The number of hydrogen-bond acceptors (Lipinski definition) is 2. The molecular formula is C17H21ClN2OS. The molecule has 3 rings (SSSR count). The van der Waals surface area contributed by atoms with E-state index in [-0.39, 0.29) is 5.91 Å². The maximum Gasteiger partial charge on any atom is 0.267 e. The Hall–Kier alpha value is -1.13. The van der Waals surface area contributed by atoms with Crippen molar-refractivity contribution < 1.29 is 4.79 Å². The van der Waals surface area contributed by atoms with Gasteiger partial charge < -0.3 is 10.3 Å². The van der Waals surface area contributed by atoms with Crippen LogP contribution in [0.4, 0.5) is 0 Å². The zero-order valence-corrected chi connectivity index (χ0v) is 14.3. The lowest BCUT2D eigenvalue weighted by atomic mass is 9.87. The number of carbonyl (C=O) groups excluding carboxylic acids is 1. The highest BCUT2D eigenvalue weighted by Gasteiger charge is 2.22. The number of rotatable bonds is 4. The summed E-state index contributed by atoms with van der Waals surface area (Å²) in [5.41, 5.74) is 1.56. The molecule has 2 aromatic rings. The van der Waals surface area contributed by atoms with Crippen molar-refractivity contribution in [1.29, 1.82) is 0 Å². The lowest BCUT2D eigenvalue weighted by Gasteiger charge is -2.28. The first-order valence-electron chi connectivity index (χ1n) is 7.74. The molecular weight excluding hydrogens is 316 g/mol. The Morgan fingerprint density at radius 3 is 2.82 bits per heavy atom. The molecule has 3 nitrogen and oxygen atoms in total. The molecule has 1 aromatic carbocycles. The first-order valence-corrected chi connectivity index (χ1v) is 9.51. The zero-order valence-electron chi connectivity index (χ0n) is 12.7. The summed E-state index contributed by atoms with van der Waals surface area (Å²) >= 11 is 7.91. The maximum absolute atomic E-state index is 12.4. The zero-order chi connectivity index (χ0) is 15.5. The van der Waals surface area contributed by atoms with E-state index in [1.807, 2.05) is 36.0 Å². The number of benzene rings is 1. The maximum atomic E-state index is 12.4. The van der Waals surface area contributed by atoms with Gasteiger partial charge in [-0.2, -0.15) is 11.8 Å². The highest BCUT2D eigenvalue weighted by molar-refractivity contribution is 7.98. The van der Waals surface area contributed by atoms with E-state index < -0.39 is 0 Å². The van der Waals surface area contributed by atoms with Gasteiger partial charge in [0.15, 0.2) is 0 Å². The summed E-state index contributed by atoms with van der Waals surface area (Å²) in [6, 6.07) is 7.78. The standard InChI is InChI=1S/C17H21ClN2OS/c1-22-10-11-2-5-14(6-3-11)19-17(21)16-9-12-8-13(18)4-7-15(12)20-16/h4,7-9,11,14,20H,2-3,5-6,10H2,1H3,(H,19,21). The Bertz CT molecular complexity index is 662. The van der Waals surface area contributed by atoms with E-state index in [0.717, 1.165) is 29.7 Å². The number of fused-ring (bicyclic) bond motifs is 1. The largest absolute Gasteiger partial charge is 0.351 e. The van der Waals surface area contributed by atoms with Crippen molar-refractivity contribution in [3.8, 4) is 0 Å². The van der Waals surface area contributed by atoms with E-state index in [4.69, 9.17) is 11.6 Å². The number of H-pyrrole nitrogens is 1. The second-order valence-electron chi connectivity index (χ2n) is 6.06. The smallest absolute Gasteiger partial charge is 0.267 e. The first kappa shape index (κ1) is 15.8. The van der Waals surface area contributed by atoms with Crippen LogP contribution in [0.2, 0.25) is 5.02 Å². The fraction of sp³-hybridized carbons (Fsp3) is 0.471. The lowest BCUT2D eigenvalue weighted by Crippen LogP contribution is -2.38. The number of hydrogen-bond donors (Lipinski definition) is 2. The molecule has 0 atom stereocenters. The molecule has 0 unspecified atom stereocenters. The van der Waals surface area contributed by atoms with E-state index in [1.54, 1.807) is 0 Å². The molecule has 22 heavy (non-hydrogen) atoms. The van der Waals surface area contributed by atoms with E-state index in [2.05, 4.69) is 16.6 Å². The number of nitrogens with one attached hydrogen (secondary N) is 2.